The predicted octanol–water partition coefficient (Wildman–Crippen LogP) is 1.38. The minimum atomic E-state index is -0.0684. The zero-order valence-electron chi connectivity index (χ0n) is 8.72. The molecular weight excluding hydrogens is 210 g/mol. The van der Waals surface area contributed by atoms with Crippen LogP contribution in [0.2, 0.25) is 0 Å². The lowest BCUT2D eigenvalue weighted by Crippen LogP contribution is -2.23. The Kier molecular flexibility index (Phi) is 3.43. The molecule has 1 aromatic rings. The molecule has 2 N–H and O–H groups in total. The Labute approximate surface area is 93.6 Å². The van der Waals surface area contributed by atoms with Gasteiger partial charge in [0.05, 0.1) is 13.2 Å². The number of aromatic nitrogens is 2. The summed E-state index contributed by atoms with van der Waals surface area (Å²) in [4.78, 5) is 8.38. The molecule has 0 saturated carbocycles. The van der Waals surface area contributed by atoms with Crippen LogP contribution >= 0.6 is 11.8 Å². The number of hydrogen-bond acceptors (Lipinski definition) is 5. The zero-order chi connectivity index (χ0) is 10.7. The van der Waals surface area contributed by atoms with Crippen molar-refractivity contribution in [3.8, 4) is 5.88 Å². The quantitative estimate of drug-likeness (QED) is 0.842. The second-order valence-electron chi connectivity index (χ2n) is 3.53. The molecule has 0 aliphatic carbocycles. The van der Waals surface area contributed by atoms with Gasteiger partial charge in [-0.15, -0.1) is 0 Å². The first-order valence-corrected chi connectivity index (χ1v) is 6.10. The van der Waals surface area contributed by atoms with Crippen molar-refractivity contribution in [3.63, 3.8) is 0 Å². The first-order chi connectivity index (χ1) is 7.33. The van der Waals surface area contributed by atoms with E-state index in [1.165, 1.54) is 12.2 Å². The highest BCUT2D eigenvalue weighted by molar-refractivity contribution is 8.00. The number of rotatable bonds is 3. The molecule has 15 heavy (non-hydrogen) atoms. The van der Waals surface area contributed by atoms with Crippen molar-refractivity contribution >= 4 is 11.8 Å². The fourth-order valence-corrected chi connectivity index (χ4v) is 3.09. The van der Waals surface area contributed by atoms with E-state index in [-0.39, 0.29) is 6.04 Å². The van der Waals surface area contributed by atoms with E-state index >= 15 is 0 Å². The van der Waals surface area contributed by atoms with Gasteiger partial charge in [0.2, 0.25) is 5.88 Å². The van der Waals surface area contributed by atoms with Gasteiger partial charge in [-0.3, -0.25) is 4.98 Å². The van der Waals surface area contributed by atoms with Gasteiger partial charge in [0.25, 0.3) is 0 Å². The largest absolute Gasteiger partial charge is 0.480 e. The monoisotopic (exact) mass is 225 g/mol. The van der Waals surface area contributed by atoms with E-state index in [9.17, 15) is 0 Å². The van der Waals surface area contributed by atoms with Crippen LogP contribution in [0.4, 0.5) is 0 Å². The number of thioether (sulfide) groups is 1. The van der Waals surface area contributed by atoms with Crippen molar-refractivity contribution in [1.29, 1.82) is 0 Å². The van der Waals surface area contributed by atoms with Crippen LogP contribution in [0.5, 0.6) is 5.88 Å². The molecule has 1 aliphatic rings. The highest BCUT2D eigenvalue weighted by Crippen LogP contribution is 2.35. The fraction of sp³-hybridized carbons (Fsp3) is 0.600. The van der Waals surface area contributed by atoms with Crippen LogP contribution in [0.1, 0.15) is 24.6 Å². The van der Waals surface area contributed by atoms with E-state index in [1.807, 2.05) is 11.8 Å². The van der Waals surface area contributed by atoms with E-state index in [4.69, 9.17) is 10.5 Å². The molecule has 82 valence electrons. The van der Waals surface area contributed by atoms with Crippen molar-refractivity contribution in [2.24, 2.45) is 5.73 Å². The summed E-state index contributed by atoms with van der Waals surface area (Å²) >= 11 is 1.92. The lowest BCUT2D eigenvalue weighted by molar-refractivity contribution is 0.383. The Bertz CT molecular complexity index is 328. The van der Waals surface area contributed by atoms with Crippen molar-refractivity contribution < 1.29 is 4.74 Å². The van der Waals surface area contributed by atoms with Crippen LogP contribution in [0.15, 0.2) is 12.4 Å². The normalized spacial score (nSPS) is 22.7. The third kappa shape index (κ3) is 2.23. The summed E-state index contributed by atoms with van der Waals surface area (Å²) in [5, 5.41) is 0.454. The Morgan fingerprint density at radius 1 is 1.53 bits per heavy atom. The third-order valence-electron chi connectivity index (χ3n) is 2.57. The van der Waals surface area contributed by atoms with Crippen molar-refractivity contribution in [1.82, 2.24) is 9.97 Å². The van der Waals surface area contributed by atoms with Gasteiger partial charge in [-0.25, -0.2) is 4.98 Å². The summed E-state index contributed by atoms with van der Waals surface area (Å²) in [6.07, 6.45) is 5.69. The topological polar surface area (TPSA) is 61.0 Å². The second-order valence-corrected chi connectivity index (χ2v) is 4.88. The standard InChI is InChI=1S/C10H15N3OS/c1-14-10-9(12-4-5-13-10)8(11)7-3-2-6-15-7/h4-5,7-8H,2-3,6,11H2,1H3. The summed E-state index contributed by atoms with van der Waals surface area (Å²) < 4.78 is 5.16. The molecule has 5 heteroatoms. The number of nitrogens with zero attached hydrogens (tertiary/aromatic N) is 2. The number of nitrogens with two attached hydrogens (primary N) is 1. The zero-order valence-corrected chi connectivity index (χ0v) is 9.54. The van der Waals surface area contributed by atoms with E-state index in [2.05, 4.69) is 9.97 Å². The van der Waals surface area contributed by atoms with E-state index in [0.717, 1.165) is 12.1 Å². The number of ether oxygens (including phenoxy) is 1. The third-order valence-corrected chi connectivity index (χ3v) is 4.05. The molecule has 0 spiro atoms. The molecule has 0 amide bonds. The molecular formula is C10H15N3OS. The van der Waals surface area contributed by atoms with Crippen molar-refractivity contribution in [2.45, 2.75) is 24.1 Å². The molecule has 4 nitrogen and oxygen atoms in total. The van der Waals surface area contributed by atoms with Crippen LogP contribution in [-0.4, -0.2) is 28.1 Å². The van der Waals surface area contributed by atoms with E-state index < -0.39 is 0 Å². The minimum Gasteiger partial charge on any atom is -0.480 e. The van der Waals surface area contributed by atoms with Crippen molar-refractivity contribution in [3.05, 3.63) is 18.1 Å². The van der Waals surface area contributed by atoms with Crippen LogP contribution in [0.3, 0.4) is 0 Å². The molecule has 2 heterocycles. The fourth-order valence-electron chi connectivity index (χ4n) is 1.78. The van der Waals surface area contributed by atoms with Gasteiger partial charge >= 0.3 is 0 Å². The predicted molar refractivity (Wildman–Crippen MR) is 61.0 cm³/mol. The van der Waals surface area contributed by atoms with Gasteiger partial charge in [0.15, 0.2) is 0 Å². The average molecular weight is 225 g/mol. The molecule has 2 atom stereocenters. The number of methoxy groups -OCH3 is 1. The number of hydrogen-bond donors (Lipinski definition) is 1. The maximum absolute atomic E-state index is 6.17. The summed E-state index contributed by atoms with van der Waals surface area (Å²) in [5.74, 6) is 1.75. The summed E-state index contributed by atoms with van der Waals surface area (Å²) in [7, 11) is 1.60. The van der Waals surface area contributed by atoms with Crippen LogP contribution in [0.25, 0.3) is 0 Å². The van der Waals surface area contributed by atoms with Crippen LogP contribution < -0.4 is 10.5 Å². The second kappa shape index (κ2) is 4.81. The Hall–Kier alpha value is -0.810. The molecule has 0 aromatic carbocycles. The molecule has 0 bridgehead atoms. The van der Waals surface area contributed by atoms with Crippen LogP contribution in [-0.2, 0) is 0 Å². The lowest BCUT2D eigenvalue weighted by Gasteiger charge is -2.18. The van der Waals surface area contributed by atoms with Gasteiger partial charge < -0.3 is 10.5 Å². The van der Waals surface area contributed by atoms with Crippen molar-refractivity contribution in [2.75, 3.05) is 12.9 Å². The molecule has 0 radical (unpaired) electrons. The van der Waals surface area contributed by atoms with Crippen LogP contribution in [0, 0.1) is 0 Å². The van der Waals surface area contributed by atoms with Gasteiger partial charge in [-0.2, -0.15) is 11.8 Å². The SMILES string of the molecule is COc1nccnc1C(N)C1CCCS1. The lowest BCUT2D eigenvalue weighted by atomic mass is 10.1. The molecule has 1 aromatic heterocycles. The van der Waals surface area contributed by atoms with E-state index in [1.54, 1.807) is 19.5 Å². The first kappa shape index (κ1) is 10.7. The average Bonchev–Trinajstić information content (AvgIpc) is 2.81. The molecule has 2 rings (SSSR count). The highest BCUT2D eigenvalue weighted by Gasteiger charge is 2.27. The summed E-state index contributed by atoms with van der Waals surface area (Å²) in [5.41, 5.74) is 6.95. The molecule has 1 saturated heterocycles. The molecule has 1 fully saturated rings. The summed E-state index contributed by atoms with van der Waals surface area (Å²) in [6, 6.07) is -0.0684. The minimum absolute atomic E-state index is 0.0684. The maximum atomic E-state index is 6.17. The van der Waals surface area contributed by atoms with Gasteiger partial charge in [-0.05, 0) is 18.6 Å². The molecule has 1 aliphatic heterocycles. The van der Waals surface area contributed by atoms with Gasteiger partial charge in [0, 0.05) is 17.6 Å². The Balaban J connectivity index is 2.19. The van der Waals surface area contributed by atoms with Gasteiger partial charge in [0.1, 0.15) is 5.69 Å². The Morgan fingerprint density at radius 2 is 2.33 bits per heavy atom. The first-order valence-electron chi connectivity index (χ1n) is 5.05. The smallest absolute Gasteiger partial charge is 0.237 e. The highest BCUT2D eigenvalue weighted by atomic mass is 32.2. The Morgan fingerprint density at radius 3 is 3.00 bits per heavy atom. The van der Waals surface area contributed by atoms with Gasteiger partial charge in [-0.1, -0.05) is 0 Å². The maximum Gasteiger partial charge on any atom is 0.237 e. The summed E-state index contributed by atoms with van der Waals surface area (Å²) in [6.45, 7) is 0. The van der Waals surface area contributed by atoms with E-state index in [0.29, 0.717) is 11.1 Å². The molecule has 2 unspecified atom stereocenters.